The summed E-state index contributed by atoms with van der Waals surface area (Å²) >= 11 is 5.85. The van der Waals surface area contributed by atoms with Crippen molar-refractivity contribution in [2.24, 2.45) is 0 Å². The molecule has 0 spiro atoms. The summed E-state index contributed by atoms with van der Waals surface area (Å²) in [5.74, 6) is 0.157. The molecule has 8 heteroatoms. The molecule has 0 aliphatic carbocycles. The van der Waals surface area contributed by atoms with Gasteiger partial charge in [0.25, 0.3) is 0 Å². The second kappa shape index (κ2) is 6.22. The van der Waals surface area contributed by atoms with Gasteiger partial charge in [0.2, 0.25) is 5.91 Å². The van der Waals surface area contributed by atoms with Gasteiger partial charge in [-0.3, -0.25) is 9.78 Å². The fourth-order valence-electron chi connectivity index (χ4n) is 3.52. The molecule has 3 aliphatic rings. The Kier molecular flexibility index (Phi) is 4.05. The molecule has 3 saturated heterocycles. The predicted molar refractivity (Wildman–Crippen MR) is 86.8 cm³/mol. The molecule has 0 radical (unpaired) electrons. The maximum Gasteiger partial charge on any atom is 0.320 e. The Morgan fingerprint density at radius 2 is 2.12 bits per heavy atom. The van der Waals surface area contributed by atoms with Crippen LogP contribution in [0.4, 0.5) is 4.79 Å². The van der Waals surface area contributed by atoms with E-state index >= 15 is 0 Å². The van der Waals surface area contributed by atoms with Crippen LogP contribution in [-0.4, -0.2) is 71.7 Å². The highest BCUT2D eigenvalue weighted by Crippen LogP contribution is 2.28. The van der Waals surface area contributed by atoms with Gasteiger partial charge in [0.15, 0.2) is 0 Å². The second-order valence-corrected chi connectivity index (χ2v) is 6.98. The first-order valence-electron chi connectivity index (χ1n) is 8.16. The number of ether oxygens (including phenoxy) is 1. The molecule has 3 aliphatic heterocycles. The Morgan fingerprint density at radius 3 is 2.88 bits per heavy atom. The fourth-order valence-corrected chi connectivity index (χ4v) is 3.64. The van der Waals surface area contributed by atoms with E-state index in [1.165, 1.54) is 0 Å². The molecule has 1 aromatic heterocycles. The number of carbonyl (C=O) groups excluding carboxylic acids is 2. The third kappa shape index (κ3) is 2.93. The van der Waals surface area contributed by atoms with E-state index in [-0.39, 0.29) is 36.6 Å². The molecule has 3 amide bonds. The third-order valence-corrected chi connectivity index (χ3v) is 5.14. The lowest BCUT2D eigenvalue weighted by molar-refractivity contribution is -0.139. The number of urea groups is 1. The van der Waals surface area contributed by atoms with Gasteiger partial charge in [-0.15, -0.1) is 0 Å². The first-order valence-corrected chi connectivity index (χ1v) is 8.54. The van der Waals surface area contributed by atoms with Gasteiger partial charge in [0.1, 0.15) is 6.61 Å². The van der Waals surface area contributed by atoms with Crippen molar-refractivity contribution in [1.82, 2.24) is 20.1 Å². The zero-order valence-corrected chi connectivity index (χ0v) is 13.9. The lowest BCUT2D eigenvalue weighted by Gasteiger charge is -2.46. The van der Waals surface area contributed by atoms with Crippen LogP contribution in [0.1, 0.15) is 18.0 Å². The van der Waals surface area contributed by atoms with Crippen LogP contribution >= 0.6 is 11.6 Å². The van der Waals surface area contributed by atoms with E-state index in [0.29, 0.717) is 31.2 Å². The smallest absolute Gasteiger partial charge is 0.320 e. The first-order chi connectivity index (χ1) is 11.6. The molecule has 0 saturated carbocycles. The number of nitrogens with zero attached hydrogens (tertiary/aromatic N) is 3. The normalized spacial score (nSPS) is 27.3. The first kappa shape index (κ1) is 15.7. The molecule has 1 aromatic rings. The summed E-state index contributed by atoms with van der Waals surface area (Å²) in [6, 6.07) is 3.66. The van der Waals surface area contributed by atoms with Crippen LogP contribution in [0, 0.1) is 0 Å². The van der Waals surface area contributed by atoms with Crippen molar-refractivity contribution < 1.29 is 14.3 Å². The molecule has 3 fully saturated rings. The third-order valence-electron chi connectivity index (χ3n) is 4.92. The summed E-state index contributed by atoms with van der Waals surface area (Å²) in [6.45, 7) is 2.63. The highest BCUT2D eigenvalue weighted by molar-refractivity contribution is 6.30. The van der Waals surface area contributed by atoms with E-state index in [0.717, 1.165) is 12.1 Å². The Balaban J connectivity index is 1.32. The van der Waals surface area contributed by atoms with Crippen LogP contribution in [0.5, 0.6) is 0 Å². The standard InChI is InChI=1S/C16H19ClN4O3/c17-11-1-2-12(18-5-11)10-6-21(7-10)16(23)20-4-3-14-13(8-20)19-15(22)9-24-14/h1-2,5,10,13-14H,3-4,6-9H2,(H,19,22)/t13-,14+/m1/s1. The molecule has 4 rings (SSSR count). The molecule has 128 valence electrons. The van der Waals surface area contributed by atoms with Gasteiger partial charge < -0.3 is 19.9 Å². The predicted octanol–water partition coefficient (Wildman–Crippen LogP) is 0.843. The minimum Gasteiger partial charge on any atom is -0.366 e. The number of likely N-dealkylation sites (tertiary alicyclic amines) is 2. The minimum absolute atomic E-state index is 0.0224. The van der Waals surface area contributed by atoms with Crippen molar-refractivity contribution in [2.75, 3.05) is 32.8 Å². The fraction of sp³-hybridized carbons (Fsp3) is 0.562. The van der Waals surface area contributed by atoms with E-state index in [4.69, 9.17) is 16.3 Å². The van der Waals surface area contributed by atoms with Gasteiger partial charge in [0, 0.05) is 44.0 Å². The van der Waals surface area contributed by atoms with Crippen LogP contribution in [0.15, 0.2) is 18.3 Å². The Labute approximate surface area is 144 Å². The largest absolute Gasteiger partial charge is 0.366 e. The number of rotatable bonds is 1. The minimum atomic E-state index is -0.108. The van der Waals surface area contributed by atoms with Crippen molar-refractivity contribution in [1.29, 1.82) is 0 Å². The van der Waals surface area contributed by atoms with Gasteiger partial charge >= 0.3 is 6.03 Å². The lowest BCUT2D eigenvalue weighted by atomic mass is 9.95. The number of hydrogen-bond donors (Lipinski definition) is 1. The van der Waals surface area contributed by atoms with E-state index in [2.05, 4.69) is 10.3 Å². The van der Waals surface area contributed by atoms with E-state index in [9.17, 15) is 9.59 Å². The van der Waals surface area contributed by atoms with Gasteiger partial charge in [-0.1, -0.05) is 11.6 Å². The number of nitrogens with one attached hydrogen (secondary N) is 1. The number of amides is 3. The summed E-state index contributed by atoms with van der Waals surface area (Å²) in [6.07, 6.45) is 2.42. The van der Waals surface area contributed by atoms with Crippen molar-refractivity contribution >= 4 is 23.5 Å². The van der Waals surface area contributed by atoms with Crippen LogP contribution in [0.3, 0.4) is 0 Å². The summed E-state index contributed by atoms with van der Waals surface area (Å²) in [7, 11) is 0. The topological polar surface area (TPSA) is 74.8 Å². The Bertz CT molecular complexity index is 647. The monoisotopic (exact) mass is 350 g/mol. The molecule has 2 atom stereocenters. The van der Waals surface area contributed by atoms with Crippen molar-refractivity contribution in [3.63, 3.8) is 0 Å². The maximum atomic E-state index is 12.6. The van der Waals surface area contributed by atoms with E-state index in [1.54, 1.807) is 6.20 Å². The van der Waals surface area contributed by atoms with Gasteiger partial charge in [-0.25, -0.2) is 4.79 Å². The van der Waals surface area contributed by atoms with Gasteiger partial charge in [-0.2, -0.15) is 0 Å². The zero-order valence-electron chi connectivity index (χ0n) is 13.2. The van der Waals surface area contributed by atoms with Crippen LogP contribution in [0.25, 0.3) is 0 Å². The Hall–Kier alpha value is -1.86. The maximum absolute atomic E-state index is 12.6. The number of pyridine rings is 1. The van der Waals surface area contributed by atoms with Crippen LogP contribution in [0.2, 0.25) is 5.02 Å². The second-order valence-electron chi connectivity index (χ2n) is 6.54. The molecule has 1 N–H and O–H groups in total. The number of aromatic nitrogens is 1. The number of morpholine rings is 1. The van der Waals surface area contributed by atoms with Crippen LogP contribution in [-0.2, 0) is 9.53 Å². The average molecular weight is 351 g/mol. The molecule has 7 nitrogen and oxygen atoms in total. The molecule has 0 aromatic carbocycles. The lowest BCUT2D eigenvalue weighted by Crippen LogP contribution is -2.63. The number of piperidine rings is 1. The molecule has 0 unspecified atom stereocenters. The molecular formula is C16H19ClN4O3. The number of carbonyl (C=O) groups is 2. The van der Waals surface area contributed by atoms with Crippen molar-refractivity contribution in [2.45, 2.75) is 24.5 Å². The van der Waals surface area contributed by atoms with Crippen molar-refractivity contribution in [3.8, 4) is 0 Å². The highest BCUT2D eigenvalue weighted by Gasteiger charge is 2.40. The molecule has 0 bridgehead atoms. The summed E-state index contributed by atoms with van der Waals surface area (Å²) in [5.41, 5.74) is 0.968. The highest BCUT2D eigenvalue weighted by atomic mass is 35.5. The van der Waals surface area contributed by atoms with Gasteiger partial charge in [0.05, 0.1) is 17.2 Å². The number of hydrogen-bond acceptors (Lipinski definition) is 4. The summed E-state index contributed by atoms with van der Waals surface area (Å²) < 4.78 is 5.52. The quantitative estimate of drug-likeness (QED) is 0.814. The number of fused-ring (bicyclic) bond motifs is 1. The van der Waals surface area contributed by atoms with E-state index < -0.39 is 0 Å². The molecule has 4 heterocycles. The zero-order chi connectivity index (χ0) is 16.7. The molecular weight excluding hydrogens is 332 g/mol. The summed E-state index contributed by atoms with van der Waals surface area (Å²) in [5, 5.41) is 3.54. The summed E-state index contributed by atoms with van der Waals surface area (Å²) in [4.78, 5) is 32.0. The Morgan fingerprint density at radius 1 is 1.29 bits per heavy atom. The average Bonchev–Trinajstić information content (AvgIpc) is 2.54. The van der Waals surface area contributed by atoms with E-state index in [1.807, 2.05) is 21.9 Å². The van der Waals surface area contributed by atoms with Gasteiger partial charge in [-0.05, 0) is 18.6 Å². The molecule has 24 heavy (non-hydrogen) atoms. The SMILES string of the molecule is O=C1CO[C@H]2CCN(C(=O)N3CC(c4ccc(Cl)cn4)C3)C[C@H]2N1. The van der Waals surface area contributed by atoms with Crippen molar-refractivity contribution in [3.05, 3.63) is 29.0 Å². The van der Waals surface area contributed by atoms with Crippen LogP contribution < -0.4 is 5.32 Å². The number of halogens is 1.